The minimum atomic E-state index is -0.911. The molecular weight excluding hydrogens is 626 g/mol. The average Bonchev–Trinajstić information content (AvgIpc) is 3.73. The summed E-state index contributed by atoms with van der Waals surface area (Å²) in [5.74, 6) is 1.23. The third-order valence-corrected chi connectivity index (χ3v) is 8.30. The van der Waals surface area contributed by atoms with Crippen molar-refractivity contribution in [2.24, 2.45) is 0 Å². The molecule has 0 bridgehead atoms. The first-order chi connectivity index (χ1) is 23.3. The SMILES string of the molecule is CCCN(C)Cc1ncc(-c2ccc(-c3ccc(-c4nc(CN(CCC)C(=O)[C@@H](NC(=O)OC)c5ccccc5)[nH]c4Cl)cc3)cc2)[nH]1. The van der Waals surface area contributed by atoms with E-state index in [0.717, 1.165) is 59.7 Å². The zero-order valence-electron chi connectivity index (χ0n) is 27.8. The zero-order chi connectivity index (χ0) is 34.0. The van der Waals surface area contributed by atoms with E-state index in [-0.39, 0.29) is 12.5 Å². The van der Waals surface area contributed by atoms with Gasteiger partial charge in [-0.1, -0.05) is 104 Å². The molecule has 48 heavy (non-hydrogen) atoms. The lowest BCUT2D eigenvalue weighted by Gasteiger charge is -2.27. The molecule has 2 heterocycles. The molecule has 0 saturated carbocycles. The normalized spacial score (nSPS) is 11.8. The first-order valence-corrected chi connectivity index (χ1v) is 16.5. The fraction of sp³-hybridized carbons (Fsp3) is 0.297. The number of methoxy groups -OCH3 is 1. The molecule has 250 valence electrons. The highest BCUT2D eigenvalue weighted by Gasteiger charge is 2.28. The number of hydrogen-bond acceptors (Lipinski definition) is 6. The molecule has 0 aliphatic rings. The van der Waals surface area contributed by atoms with Gasteiger partial charge in [-0.2, -0.15) is 0 Å². The van der Waals surface area contributed by atoms with E-state index in [0.29, 0.717) is 28.8 Å². The van der Waals surface area contributed by atoms with Crippen molar-refractivity contribution < 1.29 is 14.3 Å². The predicted octanol–water partition coefficient (Wildman–Crippen LogP) is 7.46. The van der Waals surface area contributed by atoms with Crippen LogP contribution < -0.4 is 5.32 Å². The number of H-pyrrole nitrogens is 2. The summed E-state index contributed by atoms with van der Waals surface area (Å²) >= 11 is 6.64. The lowest BCUT2D eigenvalue weighted by Crippen LogP contribution is -2.43. The average molecular weight is 668 g/mol. The van der Waals surface area contributed by atoms with Crippen LogP contribution in [-0.2, 0) is 22.6 Å². The lowest BCUT2D eigenvalue weighted by atomic mass is 10.0. The third kappa shape index (κ3) is 8.50. The van der Waals surface area contributed by atoms with Gasteiger partial charge in [-0.25, -0.2) is 14.8 Å². The highest BCUT2D eigenvalue weighted by molar-refractivity contribution is 6.31. The second-order valence-electron chi connectivity index (χ2n) is 11.7. The Morgan fingerprint density at radius 1 is 0.833 bits per heavy atom. The Kier molecular flexibility index (Phi) is 11.7. The molecule has 0 unspecified atom stereocenters. The summed E-state index contributed by atoms with van der Waals surface area (Å²) in [5, 5.41) is 3.06. The Morgan fingerprint density at radius 3 is 2.08 bits per heavy atom. The zero-order valence-corrected chi connectivity index (χ0v) is 28.6. The second kappa shape index (κ2) is 16.3. The number of imidazole rings is 2. The minimum Gasteiger partial charge on any atom is -0.453 e. The van der Waals surface area contributed by atoms with E-state index in [4.69, 9.17) is 21.3 Å². The summed E-state index contributed by atoms with van der Waals surface area (Å²) < 4.78 is 4.79. The second-order valence-corrected chi connectivity index (χ2v) is 12.1. The van der Waals surface area contributed by atoms with Gasteiger partial charge in [-0.05, 0) is 48.7 Å². The van der Waals surface area contributed by atoms with E-state index in [2.05, 4.69) is 63.4 Å². The first-order valence-electron chi connectivity index (χ1n) is 16.2. The Morgan fingerprint density at radius 2 is 1.46 bits per heavy atom. The van der Waals surface area contributed by atoms with E-state index < -0.39 is 12.1 Å². The monoisotopic (exact) mass is 667 g/mol. The summed E-state index contributed by atoms with van der Waals surface area (Å²) in [7, 11) is 3.37. The van der Waals surface area contributed by atoms with Crippen LogP contribution in [0.5, 0.6) is 0 Å². The van der Waals surface area contributed by atoms with E-state index in [1.807, 2.05) is 55.6 Å². The van der Waals surface area contributed by atoms with Gasteiger partial charge < -0.3 is 24.9 Å². The number of nitrogens with one attached hydrogen (secondary N) is 3. The van der Waals surface area contributed by atoms with Crippen LogP contribution in [0.1, 0.15) is 49.9 Å². The highest BCUT2D eigenvalue weighted by Crippen LogP contribution is 2.30. The van der Waals surface area contributed by atoms with Gasteiger partial charge in [0.25, 0.3) is 0 Å². The van der Waals surface area contributed by atoms with Crippen molar-refractivity contribution in [2.75, 3.05) is 27.2 Å². The molecule has 0 aliphatic carbocycles. The topological polar surface area (TPSA) is 119 Å². The Labute approximate surface area is 286 Å². The molecule has 0 saturated heterocycles. The fourth-order valence-electron chi connectivity index (χ4n) is 5.64. The van der Waals surface area contributed by atoms with Crippen LogP contribution in [0.4, 0.5) is 4.79 Å². The molecule has 1 atom stereocenters. The number of alkyl carbamates (subject to hydrolysis) is 1. The molecule has 10 nitrogen and oxygen atoms in total. The molecule has 11 heteroatoms. The summed E-state index contributed by atoms with van der Waals surface area (Å²) in [6.07, 6.45) is 3.03. The molecule has 0 fully saturated rings. The van der Waals surface area contributed by atoms with Crippen LogP contribution in [0, 0.1) is 0 Å². The van der Waals surface area contributed by atoms with Gasteiger partial charge in [0.05, 0.1) is 32.1 Å². The maximum atomic E-state index is 13.8. The molecule has 3 N–H and O–H groups in total. The summed E-state index contributed by atoms with van der Waals surface area (Å²) in [5.41, 5.74) is 6.33. The van der Waals surface area contributed by atoms with Crippen molar-refractivity contribution in [3.63, 3.8) is 0 Å². The Balaban J connectivity index is 1.28. The van der Waals surface area contributed by atoms with Crippen molar-refractivity contribution in [1.82, 2.24) is 35.1 Å². The maximum Gasteiger partial charge on any atom is 0.407 e. The largest absolute Gasteiger partial charge is 0.453 e. The summed E-state index contributed by atoms with van der Waals surface area (Å²) in [6.45, 7) is 6.64. The number of amides is 2. The van der Waals surface area contributed by atoms with Crippen LogP contribution in [0.15, 0.2) is 85.1 Å². The molecule has 5 rings (SSSR count). The van der Waals surface area contributed by atoms with Crippen molar-refractivity contribution in [1.29, 1.82) is 0 Å². The van der Waals surface area contributed by atoms with Gasteiger partial charge in [0.1, 0.15) is 28.5 Å². The Hall–Kier alpha value is -4.93. The first kappa shape index (κ1) is 34.4. The molecule has 2 amide bonds. The van der Waals surface area contributed by atoms with Crippen LogP contribution in [-0.4, -0.2) is 69.0 Å². The summed E-state index contributed by atoms with van der Waals surface area (Å²) in [6, 6.07) is 24.6. The van der Waals surface area contributed by atoms with Gasteiger partial charge in [0, 0.05) is 12.1 Å². The number of aromatic amines is 2. The van der Waals surface area contributed by atoms with Crippen molar-refractivity contribution in [2.45, 2.75) is 45.8 Å². The van der Waals surface area contributed by atoms with Gasteiger partial charge in [-0.15, -0.1) is 0 Å². The smallest absolute Gasteiger partial charge is 0.407 e. The van der Waals surface area contributed by atoms with Crippen LogP contribution in [0.2, 0.25) is 5.15 Å². The van der Waals surface area contributed by atoms with E-state index in [1.54, 1.807) is 17.0 Å². The van der Waals surface area contributed by atoms with Crippen LogP contribution in [0.3, 0.4) is 0 Å². The number of carbonyl (C=O) groups is 2. The predicted molar refractivity (Wildman–Crippen MR) is 189 cm³/mol. The number of halogens is 1. The number of rotatable bonds is 14. The van der Waals surface area contributed by atoms with Crippen molar-refractivity contribution in [3.8, 4) is 33.6 Å². The number of benzene rings is 3. The number of hydrogen-bond donors (Lipinski definition) is 3. The highest BCUT2D eigenvalue weighted by atomic mass is 35.5. The molecule has 0 radical (unpaired) electrons. The van der Waals surface area contributed by atoms with Gasteiger partial charge in [0.15, 0.2) is 0 Å². The third-order valence-electron chi connectivity index (χ3n) is 8.02. The quantitative estimate of drug-likeness (QED) is 0.113. The molecule has 3 aromatic carbocycles. The minimum absolute atomic E-state index is 0.191. The standard InChI is InChI=1S/C37H42ClN7O3/c1-5-20-44(3)23-31-39-22-30(40-31)27-16-12-25(13-17-27)26-14-18-29(19-15-26)33-35(38)42-32(41-33)24-45(21-6-2)36(46)34(43-37(47)48-4)28-10-8-7-9-11-28/h7-19,22,34H,5-6,20-21,23-24H2,1-4H3,(H,39,40)(H,41,42)(H,43,47)/t34-/m0/s1. The number of nitrogens with zero attached hydrogens (tertiary/aromatic N) is 4. The van der Waals surface area contributed by atoms with Crippen LogP contribution >= 0.6 is 11.6 Å². The van der Waals surface area contributed by atoms with E-state index in [1.165, 1.54) is 7.11 Å². The van der Waals surface area contributed by atoms with E-state index in [9.17, 15) is 9.59 Å². The molecule has 2 aromatic heterocycles. The molecule has 5 aromatic rings. The lowest BCUT2D eigenvalue weighted by molar-refractivity contribution is -0.134. The number of aromatic nitrogens is 4. The van der Waals surface area contributed by atoms with Gasteiger partial charge in [0.2, 0.25) is 5.91 Å². The fourth-order valence-corrected chi connectivity index (χ4v) is 5.90. The summed E-state index contributed by atoms with van der Waals surface area (Å²) in [4.78, 5) is 45.7. The van der Waals surface area contributed by atoms with Crippen molar-refractivity contribution in [3.05, 3.63) is 107 Å². The van der Waals surface area contributed by atoms with E-state index >= 15 is 0 Å². The number of carbonyl (C=O) groups excluding carboxylic acids is 2. The van der Waals surface area contributed by atoms with Crippen molar-refractivity contribution >= 4 is 23.6 Å². The molecule has 0 spiro atoms. The van der Waals surface area contributed by atoms with Gasteiger partial charge >= 0.3 is 6.09 Å². The molecular formula is C37H42ClN7O3. The number of ether oxygens (including phenoxy) is 1. The Bertz CT molecular complexity index is 1790. The molecule has 0 aliphatic heterocycles. The maximum absolute atomic E-state index is 13.8. The van der Waals surface area contributed by atoms with Gasteiger partial charge in [-0.3, -0.25) is 9.69 Å². The van der Waals surface area contributed by atoms with Crippen LogP contribution in [0.25, 0.3) is 33.6 Å².